The number of hydrogen-bond acceptors (Lipinski definition) is 5. The zero-order chi connectivity index (χ0) is 27.1. The maximum Gasteiger partial charge on any atom is 0.313 e. The fourth-order valence-electron chi connectivity index (χ4n) is 4.10. The number of carbonyl (C=O) groups is 2. The van der Waals surface area contributed by atoms with Crippen LogP contribution in [0.25, 0.3) is 0 Å². The summed E-state index contributed by atoms with van der Waals surface area (Å²) in [4.78, 5) is 27.3. The van der Waals surface area contributed by atoms with E-state index in [1.807, 2.05) is 0 Å². The quantitative estimate of drug-likeness (QED) is 0.134. The zero-order valence-corrected chi connectivity index (χ0v) is 25.2. The second kappa shape index (κ2) is 25.2. The number of unbranched alkanes of at least 4 members (excludes halogenated alkanes) is 5. The summed E-state index contributed by atoms with van der Waals surface area (Å²) in [6.07, 6.45) is 7.79. The molecule has 0 N–H and O–H groups in total. The van der Waals surface area contributed by atoms with Gasteiger partial charge in [-0.2, -0.15) is 0 Å². The maximum absolute atomic E-state index is 11.2. The van der Waals surface area contributed by atoms with Crippen molar-refractivity contribution < 1.29 is 14.3 Å². The minimum Gasteiger partial charge on any atom is -0.393 e. The van der Waals surface area contributed by atoms with Crippen LogP contribution in [0.3, 0.4) is 0 Å². The van der Waals surface area contributed by atoms with Crippen LogP contribution in [-0.2, 0) is 14.3 Å². The molecule has 0 rings (SSSR count). The van der Waals surface area contributed by atoms with Gasteiger partial charge in [0.05, 0.1) is 0 Å². The van der Waals surface area contributed by atoms with Gasteiger partial charge in [0.2, 0.25) is 0 Å². The Balaban J connectivity index is -0.000000457. The normalized spacial score (nSPS) is 11.1. The first-order valence-corrected chi connectivity index (χ1v) is 14.1. The summed E-state index contributed by atoms with van der Waals surface area (Å²) in [5, 5.41) is 0. The van der Waals surface area contributed by atoms with E-state index in [0.29, 0.717) is 37.0 Å². The monoisotopic (exact) mass is 486 g/mol. The molecule has 0 atom stereocenters. The van der Waals surface area contributed by atoms with E-state index < -0.39 is 0 Å². The predicted molar refractivity (Wildman–Crippen MR) is 149 cm³/mol. The van der Waals surface area contributed by atoms with Gasteiger partial charge in [0, 0.05) is 37.0 Å². The van der Waals surface area contributed by atoms with E-state index in [0.717, 1.165) is 58.0 Å². The molecule has 0 aliphatic carbocycles. The molecule has 5 heteroatoms. The number of ether oxygens (including phenoxy) is 1. The first-order chi connectivity index (χ1) is 15.9. The van der Waals surface area contributed by atoms with E-state index >= 15 is 0 Å². The molecular weight excluding hydrogens is 424 g/mol. The highest BCUT2D eigenvalue weighted by Crippen LogP contribution is 2.06. The molecule has 5 nitrogen and oxygen atoms in total. The van der Waals surface area contributed by atoms with E-state index in [-0.39, 0.29) is 11.9 Å². The average molecular weight is 487 g/mol. The van der Waals surface area contributed by atoms with Crippen LogP contribution in [0, 0.1) is 0 Å². The van der Waals surface area contributed by atoms with Crippen LogP contribution in [0.2, 0.25) is 0 Å². The second-order valence-electron chi connectivity index (χ2n) is 10.1. The van der Waals surface area contributed by atoms with Gasteiger partial charge in [-0.15, -0.1) is 0 Å². The summed E-state index contributed by atoms with van der Waals surface area (Å²) in [5.74, 6) is -0.730. The van der Waals surface area contributed by atoms with Gasteiger partial charge >= 0.3 is 11.9 Å². The highest BCUT2D eigenvalue weighted by molar-refractivity contribution is 5.85. The highest BCUT2D eigenvalue weighted by Gasteiger charge is 2.10. The molecule has 0 heterocycles. The lowest BCUT2D eigenvalue weighted by Gasteiger charge is -2.28. The first kappa shape index (κ1) is 37.6. The van der Waals surface area contributed by atoms with Crippen molar-refractivity contribution in [3.05, 3.63) is 0 Å². The topological polar surface area (TPSA) is 49.9 Å². The van der Waals surface area contributed by atoms with Crippen molar-refractivity contribution in [2.75, 3.05) is 13.1 Å². The van der Waals surface area contributed by atoms with Gasteiger partial charge in [0.15, 0.2) is 0 Å². The molecular formula is C29H62N2O3. The number of esters is 2. The zero-order valence-electron chi connectivity index (χ0n) is 25.2. The van der Waals surface area contributed by atoms with Gasteiger partial charge < -0.3 is 4.74 Å². The number of rotatable bonds is 15. The molecule has 0 radical (unpaired) electrons. The number of nitrogens with zero attached hydrogens (tertiary/aromatic N) is 2. The minimum absolute atomic E-state index is 0.363. The van der Waals surface area contributed by atoms with E-state index in [2.05, 4.69) is 92.9 Å². The van der Waals surface area contributed by atoms with Gasteiger partial charge in [-0.1, -0.05) is 59.8 Å². The second-order valence-corrected chi connectivity index (χ2v) is 10.1. The Morgan fingerprint density at radius 1 is 0.529 bits per heavy atom. The molecule has 0 aliphatic heterocycles. The van der Waals surface area contributed by atoms with Crippen LogP contribution < -0.4 is 0 Å². The van der Waals surface area contributed by atoms with Crippen LogP contribution in [0.15, 0.2) is 0 Å². The third-order valence-electron chi connectivity index (χ3n) is 5.83. The molecule has 0 aromatic carbocycles. The van der Waals surface area contributed by atoms with Crippen molar-refractivity contribution in [1.29, 1.82) is 0 Å². The summed E-state index contributed by atoms with van der Waals surface area (Å²) in [6.45, 7) is 28.9. The molecule has 0 aliphatic rings. The van der Waals surface area contributed by atoms with Crippen molar-refractivity contribution in [3.63, 3.8) is 0 Å². The lowest BCUT2D eigenvalue weighted by Crippen LogP contribution is -2.36. The molecule has 0 spiro atoms. The summed E-state index contributed by atoms with van der Waals surface area (Å²) >= 11 is 0. The molecule has 0 bridgehead atoms. The fraction of sp³-hybridized carbons (Fsp3) is 0.931. The molecule has 0 aromatic rings. The summed E-state index contributed by atoms with van der Waals surface area (Å²) in [7, 11) is 0. The minimum atomic E-state index is -0.367. The Bertz CT molecular complexity index is 426. The van der Waals surface area contributed by atoms with Crippen LogP contribution >= 0.6 is 0 Å². The molecule has 206 valence electrons. The molecule has 34 heavy (non-hydrogen) atoms. The molecule has 0 aromatic heterocycles. The summed E-state index contributed by atoms with van der Waals surface area (Å²) in [6, 6.07) is 2.76. The van der Waals surface area contributed by atoms with Crippen molar-refractivity contribution in [1.82, 2.24) is 9.80 Å². The Morgan fingerprint density at radius 3 is 1.06 bits per heavy atom. The Hall–Kier alpha value is -0.940. The van der Waals surface area contributed by atoms with Crippen molar-refractivity contribution >= 4 is 11.9 Å². The van der Waals surface area contributed by atoms with Crippen LogP contribution in [-0.4, -0.2) is 59.0 Å². The molecule has 0 saturated carbocycles. The molecule has 0 amide bonds. The third-order valence-corrected chi connectivity index (χ3v) is 5.83. The van der Waals surface area contributed by atoms with E-state index in [1.54, 1.807) is 0 Å². The largest absolute Gasteiger partial charge is 0.393 e. The third kappa shape index (κ3) is 24.2. The fourth-order valence-corrected chi connectivity index (χ4v) is 4.10. The summed E-state index contributed by atoms with van der Waals surface area (Å²) < 4.78 is 4.70. The smallest absolute Gasteiger partial charge is 0.313 e. The SMILES string of the molecule is CCCCCCC(=O)OC(=O)CCCCC.CCN(C(C)C)C(C)C.CCN(C(C)C)C(C)C. The van der Waals surface area contributed by atoms with Gasteiger partial charge in [-0.25, -0.2) is 0 Å². The van der Waals surface area contributed by atoms with Crippen LogP contribution in [0.4, 0.5) is 0 Å². The highest BCUT2D eigenvalue weighted by atomic mass is 16.6. The van der Waals surface area contributed by atoms with Gasteiger partial charge in [0.1, 0.15) is 0 Å². The Morgan fingerprint density at radius 2 is 0.824 bits per heavy atom. The van der Waals surface area contributed by atoms with E-state index in [9.17, 15) is 9.59 Å². The standard InChI is InChI=1S/C13H24O3.2C8H19N/c1-3-5-7-9-11-13(15)16-12(14)10-8-6-4-2;2*1-6-9(7(2)3)8(4)5/h3-11H2,1-2H3;2*7-8H,6H2,1-5H3. The van der Waals surface area contributed by atoms with Gasteiger partial charge in [-0.3, -0.25) is 19.4 Å². The molecule has 0 unspecified atom stereocenters. The number of hydrogen-bond donors (Lipinski definition) is 0. The lowest BCUT2D eigenvalue weighted by molar-refractivity contribution is -0.159. The van der Waals surface area contributed by atoms with Crippen LogP contribution in [0.5, 0.6) is 0 Å². The summed E-state index contributed by atoms with van der Waals surface area (Å²) in [5.41, 5.74) is 0. The average Bonchev–Trinajstić information content (AvgIpc) is 2.72. The van der Waals surface area contributed by atoms with Crippen molar-refractivity contribution in [2.24, 2.45) is 0 Å². The number of carbonyl (C=O) groups excluding carboxylic acids is 2. The van der Waals surface area contributed by atoms with Crippen LogP contribution in [0.1, 0.15) is 141 Å². The maximum atomic E-state index is 11.2. The van der Waals surface area contributed by atoms with Crippen molar-refractivity contribution in [2.45, 2.75) is 165 Å². The predicted octanol–water partition coefficient (Wildman–Crippen LogP) is 7.86. The van der Waals surface area contributed by atoms with Gasteiger partial charge in [-0.05, 0) is 81.3 Å². The first-order valence-electron chi connectivity index (χ1n) is 14.1. The Kier molecular flexibility index (Phi) is 27.8. The van der Waals surface area contributed by atoms with Gasteiger partial charge in [0.25, 0.3) is 0 Å². The molecule has 0 saturated heterocycles. The lowest BCUT2D eigenvalue weighted by atomic mass is 10.1. The van der Waals surface area contributed by atoms with E-state index in [4.69, 9.17) is 4.74 Å². The van der Waals surface area contributed by atoms with Crippen molar-refractivity contribution in [3.8, 4) is 0 Å². The Labute approximate surface area is 214 Å². The molecule has 0 fully saturated rings. The van der Waals surface area contributed by atoms with E-state index in [1.165, 1.54) is 0 Å².